The van der Waals surface area contributed by atoms with Gasteiger partial charge in [0.15, 0.2) is 11.6 Å². The van der Waals surface area contributed by atoms with Gasteiger partial charge in [0.05, 0.1) is 5.69 Å². The van der Waals surface area contributed by atoms with Gasteiger partial charge in [-0.3, -0.25) is 0 Å². The zero-order chi connectivity index (χ0) is 21.9. The number of hydrogen-bond acceptors (Lipinski definition) is 3. The number of rotatable bonds is 7. The topological polar surface area (TPSA) is 22.1 Å². The molecule has 1 aromatic heterocycles. The normalized spacial score (nSPS) is 11.7. The van der Waals surface area contributed by atoms with Crippen LogP contribution in [0.4, 0.5) is 22.0 Å². The SMILES string of the molecule is CCCc1ccc(OCc2c(-c3ccc(CC)cc3)nsc2C(F)(F)F)c(F)c1F. The zero-order valence-corrected chi connectivity index (χ0v) is 17.3. The van der Waals surface area contributed by atoms with Gasteiger partial charge in [0, 0.05) is 11.1 Å². The Kier molecular flexibility index (Phi) is 6.75. The second-order valence-corrected chi connectivity index (χ2v) is 7.55. The van der Waals surface area contributed by atoms with Crippen LogP contribution in [0, 0.1) is 11.6 Å². The Hall–Kier alpha value is -2.48. The van der Waals surface area contributed by atoms with Crippen LogP contribution in [0.15, 0.2) is 36.4 Å². The standard InChI is InChI=1S/C22H20F5NOS/c1-3-5-14-10-11-17(19(24)18(14)23)29-12-16-20(28-30-21(16)22(25,26)27)15-8-6-13(4-2)7-9-15/h6-11H,3-5,12H2,1-2H3. The Morgan fingerprint density at radius 3 is 2.27 bits per heavy atom. The van der Waals surface area contributed by atoms with Crippen LogP contribution in [0.2, 0.25) is 0 Å². The molecule has 0 radical (unpaired) electrons. The van der Waals surface area contributed by atoms with Gasteiger partial charge in [-0.05, 0) is 41.6 Å². The molecule has 0 fully saturated rings. The number of benzene rings is 2. The minimum absolute atomic E-state index is 0.124. The monoisotopic (exact) mass is 441 g/mol. The molecule has 0 amide bonds. The van der Waals surface area contributed by atoms with Crippen molar-refractivity contribution in [3.63, 3.8) is 0 Å². The van der Waals surface area contributed by atoms with E-state index < -0.39 is 35.0 Å². The first kappa shape index (κ1) is 22.2. The van der Waals surface area contributed by atoms with Crippen molar-refractivity contribution in [3.05, 3.63) is 69.6 Å². The van der Waals surface area contributed by atoms with Crippen LogP contribution in [0.1, 0.15) is 41.8 Å². The van der Waals surface area contributed by atoms with Crippen LogP contribution in [-0.4, -0.2) is 4.37 Å². The fraction of sp³-hybridized carbons (Fsp3) is 0.318. The number of aryl methyl sites for hydroxylation is 2. The first-order valence-corrected chi connectivity index (χ1v) is 10.3. The summed E-state index contributed by atoms with van der Waals surface area (Å²) in [6, 6.07) is 9.64. The van der Waals surface area contributed by atoms with E-state index in [0.29, 0.717) is 29.9 Å². The van der Waals surface area contributed by atoms with E-state index in [2.05, 4.69) is 4.37 Å². The van der Waals surface area contributed by atoms with Crippen LogP contribution in [0.25, 0.3) is 11.3 Å². The molecule has 160 valence electrons. The lowest BCUT2D eigenvalue weighted by Crippen LogP contribution is -2.09. The maximum atomic E-state index is 14.3. The molecular weight excluding hydrogens is 421 g/mol. The van der Waals surface area contributed by atoms with Gasteiger partial charge in [-0.25, -0.2) is 4.39 Å². The van der Waals surface area contributed by atoms with Gasteiger partial charge < -0.3 is 4.74 Å². The van der Waals surface area contributed by atoms with Gasteiger partial charge in [0.1, 0.15) is 11.5 Å². The Balaban J connectivity index is 1.94. The quantitative estimate of drug-likeness (QED) is 0.362. The highest BCUT2D eigenvalue weighted by atomic mass is 32.1. The average molecular weight is 441 g/mol. The van der Waals surface area contributed by atoms with Crippen LogP contribution >= 0.6 is 11.5 Å². The Labute approximate surface area is 175 Å². The molecule has 0 spiro atoms. The highest BCUT2D eigenvalue weighted by molar-refractivity contribution is 7.06. The minimum atomic E-state index is -4.63. The molecule has 3 rings (SSSR count). The molecule has 0 saturated heterocycles. The van der Waals surface area contributed by atoms with E-state index in [1.165, 1.54) is 12.1 Å². The summed E-state index contributed by atoms with van der Waals surface area (Å²) in [5.41, 5.74) is 1.66. The number of aromatic nitrogens is 1. The second-order valence-electron chi connectivity index (χ2n) is 6.78. The van der Waals surface area contributed by atoms with Gasteiger partial charge in [-0.1, -0.05) is 50.6 Å². The van der Waals surface area contributed by atoms with Gasteiger partial charge in [0.25, 0.3) is 0 Å². The van der Waals surface area contributed by atoms with E-state index >= 15 is 0 Å². The average Bonchev–Trinajstić information content (AvgIpc) is 3.15. The summed E-state index contributed by atoms with van der Waals surface area (Å²) >= 11 is 0.317. The molecule has 8 heteroatoms. The maximum Gasteiger partial charge on any atom is 0.427 e. The Morgan fingerprint density at radius 2 is 1.67 bits per heavy atom. The number of alkyl halides is 3. The molecule has 1 heterocycles. The third-order valence-corrected chi connectivity index (χ3v) is 5.63. The molecular formula is C22H20F5NOS. The molecule has 0 aliphatic rings. The molecule has 2 nitrogen and oxygen atoms in total. The van der Waals surface area contributed by atoms with Crippen LogP contribution in [0.3, 0.4) is 0 Å². The molecule has 30 heavy (non-hydrogen) atoms. The van der Waals surface area contributed by atoms with Gasteiger partial charge >= 0.3 is 6.18 Å². The highest BCUT2D eigenvalue weighted by Crippen LogP contribution is 2.40. The number of ether oxygens (including phenoxy) is 1. The fourth-order valence-corrected chi connectivity index (χ4v) is 3.85. The van der Waals surface area contributed by atoms with E-state index in [0.717, 1.165) is 12.0 Å². The van der Waals surface area contributed by atoms with E-state index in [1.54, 1.807) is 12.1 Å². The Bertz CT molecular complexity index is 1010. The van der Waals surface area contributed by atoms with Crippen molar-refractivity contribution in [2.45, 2.75) is 45.9 Å². The van der Waals surface area contributed by atoms with E-state index in [1.807, 2.05) is 26.0 Å². The first-order chi connectivity index (χ1) is 14.3. The van der Waals surface area contributed by atoms with Crippen LogP contribution in [-0.2, 0) is 25.6 Å². The summed E-state index contributed by atoms with van der Waals surface area (Å²) in [5, 5.41) is 0. The van der Waals surface area contributed by atoms with Crippen molar-refractivity contribution in [3.8, 4) is 17.0 Å². The van der Waals surface area contributed by atoms with E-state index in [-0.39, 0.29) is 16.8 Å². The van der Waals surface area contributed by atoms with Crippen molar-refractivity contribution in [1.82, 2.24) is 4.37 Å². The number of hydrogen-bond donors (Lipinski definition) is 0. The van der Waals surface area contributed by atoms with Crippen molar-refractivity contribution in [1.29, 1.82) is 0 Å². The highest BCUT2D eigenvalue weighted by Gasteiger charge is 2.38. The lowest BCUT2D eigenvalue weighted by atomic mass is 10.0. The first-order valence-electron chi connectivity index (χ1n) is 9.50. The minimum Gasteiger partial charge on any atom is -0.486 e. The largest absolute Gasteiger partial charge is 0.486 e. The molecule has 0 aliphatic carbocycles. The summed E-state index contributed by atoms with van der Waals surface area (Å²) < 4.78 is 78.2. The third-order valence-electron chi connectivity index (χ3n) is 4.70. The number of halogens is 5. The summed E-state index contributed by atoms with van der Waals surface area (Å²) in [6.45, 7) is 3.22. The van der Waals surface area contributed by atoms with Crippen LogP contribution in [0.5, 0.6) is 5.75 Å². The lowest BCUT2D eigenvalue weighted by Gasteiger charge is -2.13. The maximum absolute atomic E-state index is 14.3. The molecule has 0 saturated carbocycles. The molecule has 0 aliphatic heterocycles. The van der Waals surface area contributed by atoms with Crippen molar-refractivity contribution >= 4 is 11.5 Å². The molecule has 0 unspecified atom stereocenters. The van der Waals surface area contributed by atoms with Gasteiger partial charge in [-0.15, -0.1) is 0 Å². The van der Waals surface area contributed by atoms with Crippen molar-refractivity contribution < 1.29 is 26.7 Å². The fourth-order valence-electron chi connectivity index (χ4n) is 3.09. The van der Waals surface area contributed by atoms with E-state index in [4.69, 9.17) is 4.74 Å². The zero-order valence-electron chi connectivity index (χ0n) is 16.4. The molecule has 0 N–H and O–H groups in total. The smallest absolute Gasteiger partial charge is 0.427 e. The summed E-state index contributed by atoms with van der Waals surface area (Å²) in [5.74, 6) is -2.67. The predicted molar refractivity (Wildman–Crippen MR) is 107 cm³/mol. The number of nitrogens with zero attached hydrogens (tertiary/aromatic N) is 1. The van der Waals surface area contributed by atoms with E-state index in [9.17, 15) is 22.0 Å². The second kappa shape index (κ2) is 9.12. The molecule has 0 bridgehead atoms. The van der Waals surface area contributed by atoms with Gasteiger partial charge in [0.2, 0.25) is 5.82 Å². The Morgan fingerprint density at radius 1 is 0.967 bits per heavy atom. The molecule has 0 atom stereocenters. The van der Waals surface area contributed by atoms with Crippen LogP contribution < -0.4 is 4.74 Å². The summed E-state index contributed by atoms with van der Waals surface area (Å²) in [6.07, 6.45) is -2.85. The third kappa shape index (κ3) is 4.64. The van der Waals surface area contributed by atoms with Gasteiger partial charge in [-0.2, -0.15) is 21.9 Å². The van der Waals surface area contributed by atoms with Crippen molar-refractivity contribution in [2.24, 2.45) is 0 Å². The summed E-state index contributed by atoms with van der Waals surface area (Å²) in [7, 11) is 0. The van der Waals surface area contributed by atoms with Crippen molar-refractivity contribution in [2.75, 3.05) is 0 Å². The predicted octanol–water partition coefficient (Wildman–Crippen LogP) is 7.20. The lowest BCUT2D eigenvalue weighted by molar-refractivity contribution is -0.135. The summed E-state index contributed by atoms with van der Waals surface area (Å²) in [4.78, 5) is -0.916. The molecule has 3 aromatic rings. The molecule has 2 aromatic carbocycles.